The Morgan fingerprint density at radius 1 is 0.164 bits per heavy atom. The highest BCUT2D eigenvalue weighted by Crippen LogP contribution is 2.03. The molecule has 0 heterocycles. The molecule has 0 aromatic rings. The van der Waals surface area contributed by atoms with Crippen molar-refractivity contribution in [2.45, 2.75) is 27.7 Å². The fraction of sp³-hybridized carbons (Fsp3) is 0.258. The molecule has 332 valence electrons. The number of rotatable bonds is 4. The van der Waals surface area contributed by atoms with Gasteiger partial charge in [0.05, 0.1) is 26.2 Å². The lowest BCUT2D eigenvalue weighted by molar-refractivity contribution is -0.921. The van der Waals surface area contributed by atoms with Gasteiger partial charge in [0.25, 0.3) is 0 Å². The molecule has 24 heteroatoms. The van der Waals surface area contributed by atoms with Crippen molar-refractivity contribution < 1.29 is 115 Å². The second kappa shape index (κ2) is 17000. The molecule has 0 aliphatic heterocycles. The molecule has 0 aromatic carbocycles. The van der Waals surface area contributed by atoms with E-state index in [9.17, 15) is 0 Å². The van der Waals surface area contributed by atoms with Gasteiger partial charge in [0.1, 0.15) is 156 Å². The Balaban J connectivity index is -0.00000000857. The first kappa shape index (κ1) is 186. The van der Waals surface area contributed by atoms with Gasteiger partial charge in [-0.25, -0.2) is 0 Å². The van der Waals surface area contributed by atoms with Crippen LogP contribution < -0.4 is 0 Å². The maximum Gasteiger partial charge on any atom is 0.106 e. The van der Waals surface area contributed by atoms with E-state index in [4.69, 9.17) is 110 Å². The molecular weight excluding hydrogens is 754 g/mol. The molecule has 0 saturated heterocycles. The van der Waals surface area contributed by atoms with Crippen LogP contribution in [0.5, 0.6) is 0 Å². The average Bonchev–Trinajstić information content (AvgIpc) is 3.41. The van der Waals surface area contributed by atoms with Crippen LogP contribution in [0.25, 0.3) is 0 Å². The molecule has 0 rings (SSSR count). The summed E-state index contributed by atoms with van der Waals surface area (Å²) < 4.78 is 1.28. The number of carbonyl (C=O) groups excluding carboxylic acids is 23. The van der Waals surface area contributed by atoms with E-state index in [-0.39, 0.29) is 0 Å². The lowest BCUT2D eigenvalue weighted by Crippen LogP contribution is -2.47. The maximum atomic E-state index is 8.00. The summed E-state index contributed by atoms with van der Waals surface area (Å²) in [5.74, 6) is 0. The summed E-state index contributed by atoms with van der Waals surface area (Å²) in [5.41, 5.74) is 0. The molecule has 0 N–H and O–H groups in total. The molecule has 0 atom stereocenters. The Hall–Kier alpha value is -7.63. The molecule has 0 spiro atoms. The fourth-order valence-corrected chi connectivity index (χ4v) is 1.34. The van der Waals surface area contributed by atoms with E-state index in [1.165, 1.54) is 30.7 Å². The summed E-state index contributed by atoms with van der Waals surface area (Å²) in [6.45, 7) is 60.2. The third-order valence-corrected chi connectivity index (χ3v) is 2.68. The molecule has 0 bridgehead atoms. The van der Waals surface area contributed by atoms with Crippen LogP contribution in [0, 0.1) is 0 Å². The van der Waals surface area contributed by atoms with E-state index in [1.54, 1.807) is 0 Å². The first-order chi connectivity index (χ1) is 27.2. The van der Waals surface area contributed by atoms with Gasteiger partial charge in [-0.1, -0.05) is 0 Å². The zero-order valence-electron chi connectivity index (χ0n) is 32.9. The Morgan fingerprint density at radius 3 is 0.200 bits per heavy atom. The molecule has 0 unspecified atom stereocenters. The van der Waals surface area contributed by atoms with Crippen molar-refractivity contribution in [1.82, 2.24) is 0 Å². The third kappa shape index (κ3) is 4780. The minimum Gasteiger partial charge on any atom is -0.325 e. The topological polar surface area (TPSA) is 393 Å². The highest BCUT2D eigenvalue weighted by molar-refractivity contribution is 5.13. The van der Waals surface area contributed by atoms with Crippen LogP contribution in [0.3, 0.4) is 0 Å². The van der Waals surface area contributed by atoms with E-state index in [2.05, 4.69) is 27.7 Å². The summed E-state index contributed by atoms with van der Waals surface area (Å²) in [4.78, 5) is 184. The maximum absolute atomic E-state index is 8.00. The zero-order valence-corrected chi connectivity index (χ0v) is 32.9. The highest BCUT2D eigenvalue weighted by atomic mass is 16.2. The average molecular weight is 821 g/mol. The molecule has 0 amide bonds. The molecular formula is C31H66NO23+. The number of hydrogen-bond donors (Lipinski definition) is 0. The normalized spacial score (nSPS) is 3.64. The Labute approximate surface area is 325 Å². The van der Waals surface area contributed by atoms with E-state index in [1.807, 2.05) is 156 Å². The van der Waals surface area contributed by atoms with Crippen LogP contribution in [0.15, 0.2) is 0 Å². The second-order valence-corrected chi connectivity index (χ2v) is 2.61. The fourth-order valence-electron chi connectivity index (χ4n) is 1.34. The van der Waals surface area contributed by atoms with Gasteiger partial charge in [0.15, 0.2) is 0 Å². The van der Waals surface area contributed by atoms with Crippen LogP contribution in [-0.2, 0) is 110 Å². The van der Waals surface area contributed by atoms with Gasteiger partial charge in [-0.3, -0.25) is 0 Å². The highest BCUT2D eigenvalue weighted by Gasteiger charge is 2.16. The molecule has 55 heavy (non-hydrogen) atoms. The number of hydrogen-bond acceptors (Lipinski definition) is 23. The van der Waals surface area contributed by atoms with Crippen molar-refractivity contribution >= 4 is 156 Å². The summed E-state index contributed by atoms with van der Waals surface area (Å²) in [7, 11) is 0. The van der Waals surface area contributed by atoms with Crippen LogP contribution in [0.2, 0.25) is 0 Å². The minimum absolute atomic E-state index is 1.28. The standard InChI is InChI=1S/C8H20N.23CH2O/c1-5-9(6-2,7-3)8-4;23*1-2/h5-8H2,1-4H3;23*1H2/q+1;;;;;;;;;;;;;;;;;;;;;;;. The monoisotopic (exact) mass is 820 g/mol. The smallest absolute Gasteiger partial charge is 0.106 e. The quantitative estimate of drug-likeness (QED) is 0.267. The minimum atomic E-state index is 1.28. The SMILES string of the molecule is C=O.C=O.C=O.C=O.C=O.C=O.C=O.C=O.C=O.C=O.C=O.C=O.C=O.C=O.C=O.C=O.C=O.C=O.C=O.C=O.C=O.C=O.C=O.CC[N+](CC)(CC)CC. The van der Waals surface area contributed by atoms with Crippen molar-refractivity contribution in [2.75, 3.05) is 26.2 Å². The van der Waals surface area contributed by atoms with Gasteiger partial charge < -0.3 is 115 Å². The molecule has 24 nitrogen and oxygen atoms in total. The van der Waals surface area contributed by atoms with E-state index < -0.39 is 0 Å². The van der Waals surface area contributed by atoms with Crippen LogP contribution >= 0.6 is 0 Å². The second-order valence-electron chi connectivity index (χ2n) is 2.61. The van der Waals surface area contributed by atoms with Gasteiger partial charge in [-0.05, 0) is 27.7 Å². The summed E-state index contributed by atoms with van der Waals surface area (Å²) >= 11 is 0. The Kier molecular flexibility index (Phi) is 57600. The molecule has 0 aliphatic carbocycles. The molecule has 0 aromatic heterocycles. The largest absolute Gasteiger partial charge is 0.325 e. The Bertz CT molecular complexity index is 266. The predicted molar refractivity (Wildman–Crippen MR) is 206 cm³/mol. The molecule has 0 fully saturated rings. The van der Waals surface area contributed by atoms with Gasteiger partial charge >= 0.3 is 0 Å². The molecule has 0 radical (unpaired) electrons. The summed E-state index contributed by atoms with van der Waals surface area (Å²) in [5, 5.41) is 0. The number of carbonyl (C=O) groups is 23. The van der Waals surface area contributed by atoms with Gasteiger partial charge in [-0.2, -0.15) is 0 Å². The van der Waals surface area contributed by atoms with Crippen molar-refractivity contribution in [3.05, 3.63) is 0 Å². The van der Waals surface area contributed by atoms with Crippen LogP contribution in [0.4, 0.5) is 0 Å². The first-order valence-corrected chi connectivity index (χ1v) is 10.7. The van der Waals surface area contributed by atoms with Crippen molar-refractivity contribution in [3.8, 4) is 0 Å². The third-order valence-electron chi connectivity index (χ3n) is 2.68. The number of quaternary nitrogens is 1. The first-order valence-electron chi connectivity index (χ1n) is 10.7. The number of nitrogens with zero attached hydrogens (tertiary/aromatic N) is 1. The van der Waals surface area contributed by atoms with Crippen LogP contribution in [0.1, 0.15) is 27.7 Å². The summed E-state index contributed by atoms with van der Waals surface area (Å²) in [6.07, 6.45) is 0. The van der Waals surface area contributed by atoms with E-state index in [0.29, 0.717) is 0 Å². The van der Waals surface area contributed by atoms with Gasteiger partial charge in [0, 0.05) is 0 Å². The zero-order chi connectivity index (χ0) is 53.3. The predicted octanol–water partition coefficient (Wildman–Crippen LogP) is -2.37. The lowest BCUT2D eigenvalue weighted by Gasteiger charge is -2.34. The molecule has 0 aliphatic rings. The van der Waals surface area contributed by atoms with Crippen molar-refractivity contribution in [3.63, 3.8) is 0 Å². The van der Waals surface area contributed by atoms with Gasteiger partial charge in [-0.15, -0.1) is 0 Å². The van der Waals surface area contributed by atoms with Crippen molar-refractivity contribution in [1.29, 1.82) is 0 Å². The lowest BCUT2D eigenvalue weighted by atomic mass is 10.3. The Morgan fingerprint density at radius 2 is 0.200 bits per heavy atom. The van der Waals surface area contributed by atoms with Gasteiger partial charge in [0.2, 0.25) is 0 Å². The van der Waals surface area contributed by atoms with Crippen molar-refractivity contribution in [2.24, 2.45) is 0 Å². The van der Waals surface area contributed by atoms with E-state index >= 15 is 0 Å². The van der Waals surface area contributed by atoms with E-state index in [0.717, 1.165) is 0 Å². The summed E-state index contributed by atoms with van der Waals surface area (Å²) in [6, 6.07) is 0. The van der Waals surface area contributed by atoms with Crippen LogP contribution in [-0.4, -0.2) is 187 Å². The molecule has 0 saturated carbocycles.